The molecule has 210 valence electrons. The van der Waals surface area contributed by atoms with Gasteiger partial charge in [0.1, 0.15) is 0 Å². The molecule has 1 aliphatic rings. The van der Waals surface area contributed by atoms with Crippen molar-refractivity contribution in [3.8, 4) is 34.5 Å². The standard InChI is InChI=1S/C29H36N2O8/c1-34-22-16-20(17-23(35-2)28(22)38-5)8-10-26(32)30-12-7-13-31(15-14-30)27(33)11-9-21-18-24(36-3)29(39-6)25(19-21)37-4/h8-11,16-19H,7,12-15H2,1-6H3. The van der Waals surface area contributed by atoms with E-state index in [2.05, 4.69) is 0 Å². The highest BCUT2D eigenvalue weighted by molar-refractivity contribution is 5.93. The summed E-state index contributed by atoms with van der Waals surface area (Å²) in [5, 5.41) is 0. The molecule has 0 unspecified atom stereocenters. The number of hydrogen-bond donors (Lipinski definition) is 0. The first-order valence-corrected chi connectivity index (χ1v) is 12.4. The van der Waals surface area contributed by atoms with Crippen LogP contribution in [-0.4, -0.2) is 90.5 Å². The van der Waals surface area contributed by atoms with E-state index in [-0.39, 0.29) is 11.8 Å². The fourth-order valence-electron chi connectivity index (χ4n) is 4.30. The second-order valence-corrected chi connectivity index (χ2v) is 8.59. The number of methoxy groups -OCH3 is 6. The highest BCUT2D eigenvalue weighted by atomic mass is 16.5. The molecule has 1 fully saturated rings. The van der Waals surface area contributed by atoms with Crippen LogP contribution in [0.15, 0.2) is 36.4 Å². The van der Waals surface area contributed by atoms with Gasteiger partial charge in [0.2, 0.25) is 23.3 Å². The number of rotatable bonds is 10. The van der Waals surface area contributed by atoms with Crippen molar-refractivity contribution in [2.75, 3.05) is 68.8 Å². The zero-order chi connectivity index (χ0) is 28.4. The molecule has 1 aliphatic heterocycles. The molecule has 1 heterocycles. The lowest BCUT2D eigenvalue weighted by Crippen LogP contribution is -2.36. The minimum Gasteiger partial charge on any atom is -0.493 e. The number of carbonyl (C=O) groups excluding carboxylic acids is 2. The zero-order valence-corrected chi connectivity index (χ0v) is 23.3. The molecule has 0 aliphatic carbocycles. The lowest BCUT2D eigenvalue weighted by Gasteiger charge is -2.20. The van der Waals surface area contributed by atoms with Crippen LogP contribution in [0.1, 0.15) is 17.5 Å². The van der Waals surface area contributed by atoms with E-state index in [9.17, 15) is 9.59 Å². The topological polar surface area (TPSA) is 96.0 Å². The van der Waals surface area contributed by atoms with Crippen LogP contribution < -0.4 is 28.4 Å². The summed E-state index contributed by atoms with van der Waals surface area (Å²) in [6.45, 7) is 1.97. The maximum Gasteiger partial charge on any atom is 0.246 e. The van der Waals surface area contributed by atoms with Crippen molar-refractivity contribution >= 4 is 24.0 Å². The van der Waals surface area contributed by atoms with Crippen molar-refractivity contribution in [1.29, 1.82) is 0 Å². The Balaban J connectivity index is 1.64. The van der Waals surface area contributed by atoms with Gasteiger partial charge in [-0.2, -0.15) is 0 Å². The Hall–Kier alpha value is -4.34. The summed E-state index contributed by atoms with van der Waals surface area (Å²) in [4.78, 5) is 29.3. The highest BCUT2D eigenvalue weighted by Crippen LogP contribution is 2.39. The summed E-state index contributed by atoms with van der Waals surface area (Å²) in [6, 6.07) is 7.09. The van der Waals surface area contributed by atoms with Crippen molar-refractivity contribution in [3.63, 3.8) is 0 Å². The van der Waals surface area contributed by atoms with Crippen LogP contribution >= 0.6 is 0 Å². The Morgan fingerprint density at radius 2 is 0.897 bits per heavy atom. The molecule has 3 rings (SSSR count). The zero-order valence-electron chi connectivity index (χ0n) is 23.3. The number of benzene rings is 2. The number of ether oxygens (including phenoxy) is 6. The first kappa shape index (κ1) is 29.2. The largest absolute Gasteiger partial charge is 0.493 e. The van der Waals surface area contributed by atoms with Crippen molar-refractivity contribution in [1.82, 2.24) is 9.80 Å². The van der Waals surface area contributed by atoms with Gasteiger partial charge in [0, 0.05) is 38.3 Å². The fourth-order valence-corrected chi connectivity index (χ4v) is 4.30. The van der Waals surface area contributed by atoms with Crippen LogP contribution in [0.3, 0.4) is 0 Å². The normalized spacial score (nSPS) is 13.8. The minimum absolute atomic E-state index is 0.133. The van der Waals surface area contributed by atoms with Gasteiger partial charge >= 0.3 is 0 Å². The predicted octanol–water partition coefficient (Wildman–Crippen LogP) is 3.53. The number of hydrogen-bond acceptors (Lipinski definition) is 8. The van der Waals surface area contributed by atoms with Crippen molar-refractivity contribution in [2.45, 2.75) is 6.42 Å². The molecule has 0 spiro atoms. The molecule has 2 aromatic carbocycles. The van der Waals surface area contributed by atoms with Crippen molar-refractivity contribution in [2.24, 2.45) is 0 Å². The van der Waals surface area contributed by atoms with E-state index >= 15 is 0 Å². The lowest BCUT2D eigenvalue weighted by atomic mass is 10.1. The Morgan fingerprint density at radius 1 is 0.564 bits per heavy atom. The molecule has 0 bridgehead atoms. The van der Waals surface area contributed by atoms with E-state index in [0.29, 0.717) is 67.1 Å². The molecule has 0 radical (unpaired) electrons. The molecule has 39 heavy (non-hydrogen) atoms. The molecule has 2 amide bonds. The molecular weight excluding hydrogens is 504 g/mol. The van der Waals surface area contributed by atoms with Gasteiger partial charge in [0.15, 0.2) is 23.0 Å². The van der Waals surface area contributed by atoms with Crippen LogP contribution in [0.25, 0.3) is 12.2 Å². The SMILES string of the molecule is COc1cc(C=CC(=O)N2CCCN(C(=O)C=Cc3cc(OC)c(OC)c(OC)c3)CC2)cc(OC)c1OC. The number of amides is 2. The van der Waals surface area contributed by atoms with Gasteiger partial charge in [-0.1, -0.05) is 0 Å². The summed E-state index contributed by atoms with van der Waals surface area (Å²) >= 11 is 0. The third-order valence-corrected chi connectivity index (χ3v) is 6.33. The Labute approximate surface area is 229 Å². The van der Waals surface area contributed by atoms with E-state index in [0.717, 1.165) is 11.1 Å². The van der Waals surface area contributed by atoms with Crippen LogP contribution in [0.5, 0.6) is 34.5 Å². The van der Waals surface area contributed by atoms with Gasteiger partial charge < -0.3 is 38.2 Å². The summed E-state index contributed by atoms with van der Waals surface area (Å²) in [6.07, 6.45) is 7.13. The first-order valence-electron chi connectivity index (χ1n) is 12.4. The van der Waals surface area contributed by atoms with E-state index in [1.54, 1.807) is 74.7 Å². The Morgan fingerprint density at radius 3 is 1.18 bits per heavy atom. The van der Waals surface area contributed by atoms with Crippen molar-refractivity contribution in [3.05, 3.63) is 47.5 Å². The summed E-state index contributed by atoms with van der Waals surface area (Å²) in [7, 11) is 9.24. The summed E-state index contributed by atoms with van der Waals surface area (Å²) in [5.41, 5.74) is 1.47. The molecule has 0 N–H and O–H groups in total. The Bertz CT molecular complexity index is 1080. The maximum atomic E-state index is 12.9. The van der Waals surface area contributed by atoms with Gasteiger partial charge in [-0.05, 0) is 54.0 Å². The van der Waals surface area contributed by atoms with Crippen molar-refractivity contribution < 1.29 is 38.0 Å². The number of nitrogens with zero attached hydrogens (tertiary/aromatic N) is 2. The van der Waals surface area contributed by atoms with E-state index in [4.69, 9.17) is 28.4 Å². The van der Waals surface area contributed by atoms with E-state index in [1.165, 1.54) is 26.4 Å². The maximum absolute atomic E-state index is 12.9. The molecule has 0 atom stereocenters. The van der Waals surface area contributed by atoms with Crippen LogP contribution in [-0.2, 0) is 9.59 Å². The van der Waals surface area contributed by atoms with Crippen LogP contribution in [0, 0.1) is 0 Å². The van der Waals surface area contributed by atoms with Gasteiger partial charge in [-0.15, -0.1) is 0 Å². The minimum atomic E-state index is -0.133. The number of carbonyl (C=O) groups is 2. The molecule has 1 saturated heterocycles. The average molecular weight is 541 g/mol. The molecular formula is C29H36N2O8. The Kier molecular flexibility index (Phi) is 10.5. The fraction of sp³-hybridized carbons (Fsp3) is 0.379. The van der Waals surface area contributed by atoms with Gasteiger partial charge in [-0.3, -0.25) is 9.59 Å². The highest BCUT2D eigenvalue weighted by Gasteiger charge is 2.20. The molecule has 0 saturated carbocycles. The predicted molar refractivity (Wildman–Crippen MR) is 148 cm³/mol. The van der Waals surface area contributed by atoms with E-state index in [1.807, 2.05) is 0 Å². The van der Waals surface area contributed by atoms with Crippen LogP contribution in [0.4, 0.5) is 0 Å². The van der Waals surface area contributed by atoms with E-state index < -0.39 is 0 Å². The molecule has 0 aromatic heterocycles. The second kappa shape index (κ2) is 14.0. The quantitative estimate of drug-likeness (QED) is 0.423. The monoisotopic (exact) mass is 540 g/mol. The molecule has 2 aromatic rings. The average Bonchev–Trinajstić information content (AvgIpc) is 3.23. The summed E-state index contributed by atoms with van der Waals surface area (Å²) < 4.78 is 32.2. The second-order valence-electron chi connectivity index (χ2n) is 8.59. The third-order valence-electron chi connectivity index (χ3n) is 6.33. The first-order chi connectivity index (χ1) is 18.9. The molecule has 10 heteroatoms. The van der Waals surface area contributed by atoms with Gasteiger partial charge in [0.25, 0.3) is 0 Å². The van der Waals surface area contributed by atoms with Gasteiger partial charge in [-0.25, -0.2) is 0 Å². The third kappa shape index (κ3) is 7.16. The summed E-state index contributed by atoms with van der Waals surface area (Å²) in [5.74, 6) is 2.73. The smallest absolute Gasteiger partial charge is 0.246 e. The molecule has 10 nitrogen and oxygen atoms in total. The van der Waals surface area contributed by atoms with Gasteiger partial charge in [0.05, 0.1) is 42.7 Å². The van der Waals surface area contributed by atoms with Crippen LogP contribution in [0.2, 0.25) is 0 Å². The lowest BCUT2D eigenvalue weighted by molar-refractivity contribution is -0.128.